The number of hydrogen-bond donors (Lipinski definition) is 1. The van der Waals surface area contributed by atoms with Crippen LogP contribution in [0.2, 0.25) is 5.02 Å². The molecule has 4 rings (SSSR count). The second kappa shape index (κ2) is 8.59. The molecular formula is C24H21ClN2O3. The quantitative estimate of drug-likeness (QED) is 0.626. The Balaban J connectivity index is 1.48. The maximum Gasteiger partial charge on any atom is 0.259 e. The molecule has 3 aromatic carbocycles. The van der Waals surface area contributed by atoms with Gasteiger partial charge in [0.2, 0.25) is 5.91 Å². The molecule has 1 aliphatic rings. The average molecular weight is 421 g/mol. The molecule has 1 aliphatic heterocycles. The average Bonchev–Trinajstić information content (AvgIpc) is 3.17. The molecule has 0 saturated carbocycles. The first-order valence-electron chi connectivity index (χ1n) is 9.70. The number of anilines is 2. The summed E-state index contributed by atoms with van der Waals surface area (Å²) >= 11 is 5.92. The Labute approximate surface area is 180 Å². The summed E-state index contributed by atoms with van der Waals surface area (Å²) in [7, 11) is 0. The zero-order valence-electron chi connectivity index (χ0n) is 16.5. The SMILES string of the molecule is CC(=O)N1CCc2cc(NC(=O)c3ccccc3OCc3ccc(Cl)cc3)ccc21. The number of rotatable bonds is 5. The molecule has 0 aliphatic carbocycles. The van der Waals surface area contributed by atoms with Gasteiger partial charge in [-0.15, -0.1) is 0 Å². The van der Waals surface area contributed by atoms with Gasteiger partial charge >= 0.3 is 0 Å². The summed E-state index contributed by atoms with van der Waals surface area (Å²) in [5.74, 6) is 0.286. The molecule has 3 aromatic rings. The molecule has 2 amide bonds. The highest BCUT2D eigenvalue weighted by molar-refractivity contribution is 6.30. The number of carbonyl (C=O) groups is 2. The first-order valence-corrected chi connectivity index (χ1v) is 10.1. The molecule has 1 N–H and O–H groups in total. The molecule has 0 radical (unpaired) electrons. The maximum absolute atomic E-state index is 12.9. The Bertz CT molecular complexity index is 1100. The van der Waals surface area contributed by atoms with E-state index in [2.05, 4.69) is 5.32 Å². The zero-order valence-corrected chi connectivity index (χ0v) is 17.3. The van der Waals surface area contributed by atoms with Crippen molar-refractivity contribution in [3.05, 3.63) is 88.4 Å². The third-order valence-corrected chi connectivity index (χ3v) is 5.30. The highest BCUT2D eigenvalue weighted by Gasteiger charge is 2.22. The Morgan fingerprint density at radius 1 is 1.07 bits per heavy atom. The molecule has 0 unspecified atom stereocenters. The van der Waals surface area contributed by atoms with Gasteiger partial charge in [-0.05, 0) is 60.0 Å². The normalized spacial score (nSPS) is 12.4. The topological polar surface area (TPSA) is 58.6 Å². The summed E-state index contributed by atoms with van der Waals surface area (Å²) in [6.07, 6.45) is 0.777. The number of benzene rings is 3. The van der Waals surface area contributed by atoms with Crippen molar-refractivity contribution in [2.24, 2.45) is 0 Å². The highest BCUT2D eigenvalue weighted by Crippen LogP contribution is 2.31. The van der Waals surface area contributed by atoms with Crippen molar-refractivity contribution >= 4 is 34.8 Å². The summed E-state index contributed by atoms with van der Waals surface area (Å²) in [5.41, 5.74) is 4.07. The van der Waals surface area contributed by atoms with Crippen LogP contribution in [0.25, 0.3) is 0 Å². The number of halogens is 1. The number of nitrogens with zero attached hydrogens (tertiary/aromatic N) is 1. The van der Waals surface area contributed by atoms with Crippen LogP contribution in [0.1, 0.15) is 28.4 Å². The Kier molecular flexibility index (Phi) is 5.72. The lowest BCUT2D eigenvalue weighted by Crippen LogP contribution is -2.25. The van der Waals surface area contributed by atoms with Crippen LogP contribution in [0.4, 0.5) is 11.4 Å². The Morgan fingerprint density at radius 2 is 1.83 bits per heavy atom. The third-order valence-electron chi connectivity index (χ3n) is 5.05. The van der Waals surface area contributed by atoms with Gasteiger partial charge < -0.3 is 15.0 Å². The van der Waals surface area contributed by atoms with Gasteiger partial charge in [0.25, 0.3) is 5.91 Å². The lowest BCUT2D eigenvalue weighted by atomic mass is 10.1. The fourth-order valence-corrected chi connectivity index (χ4v) is 3.65. The van der Waals surface area contributed by atoms with E-state index in [1.54, 1.807) is 42.2 Å². The molecular weight excluding hydrogens is 400 g/mol. The van der Waals surface area contributed by atoms with Gasteiger partial charge in [0, 0.05) is 29.9 Å². The van der Waals surface area contributed by atoms with Gasteiger partial charge in [0.05, 0.1) is 5.56 Å². The Hall–Kier alpha value is -3.31. The van der Waals surface area contributed by atoms with Crippen LogP contribution in [0.3, 0.4) is 0 Å². The van der Waals surface area contributed by atoms with Gasteiger partial charge in [-0.3, -0.25) is 9.59 Å². The van der Waals surface area contributed by atoms with E-state index in [1.165, 1.54) is 0 Å². The fourth-order valence-electron chi connectivity index (χ4n) is 3.53. The second-order valence-corrected chi connectivity index (χ2v) is 7.57. The van der Waals surface area contributed by atoms with Gasteiger partial charge in [-0.1, -0.05) is 35.9 Å². The minimum atomic E-state index is -0.247. The van der Waals surface area contributed by atoms with Crippen molar-refractivity contribution in [3.8, 4) is 5.75 Å². The lowest BCUT2D eigenvalue weighted by molar-refractivity contribution is -0.116. The molecule has 0 saturated heterocycles. The minimum absolute atomic E-state index is 0.0253. The molecule has 5 nitrogen and oxygen atoms in total. The fraction of sp³-hybridized carbons (Fsp3) is 0.167. The second-order valence-electron chi connectivity index (χ2n) is 7.13. The summed E-state index contributed by atoms with van der Waals surface area (Å²) < 4.78 is 5.89. The number of fused-ring (bicyclic) bond motifs is 1. The van der Waals surface area contributed by atoms with Crippen LogP contribution in [0.5, 0.6) is 5.75 Å². The molecule has 0 fully saturated rings. The van der Waals surface area contributed by atoms with E-state index in [0.717, 1.165) is 23.2 Å². The number of hydrogen-bond acceptors (Lipinski definition) is 3. The summed E-state index contributed by atoms with van der Waals surface area (Å²) in [6, 6.07) is 20.2. The molecule has 152 valence electrons. The summed E-state index contributed by atoms with van der Waals surface area (Å²) in [5, 5.41) is 3.60. The number of nitrogens with one attached hydrogen (secondary N) is 1. The standard InChI is InChI=1S/C24H21ClN2O3/c1-16(28)27-13-12-18-14-20(10-11-22(18)27)26-24(29)21-4-2-3-5-23(21)30-15-17-6-8-19(25)9-7-17/h2-11,14H,12-13,15H2,1H3,(H,26,29). The van der Waals surface area contributed by atoms with E-state index >= 15 is 0 Å². The molecule has 0 bridgehead atoms. The monoisotopic (exact) mass is 420 g/mol. The van der Waals surface area contributed by atoms with Crippen LogP contribution < -0.4 is 15.0 Å². The smallest absolute Gasteiger partial charge is 0.259 e. The van der Waals surface area contributed by atoms with E-state index in [1.807, 2.05) is 36.4 Å². The third kappa shape index (κ3) is 4.31. The van der Waals surface area contributed by atoms with Crippen molar-refractivity contribution in [1.82, 2.24) is 0 Å². The molecule has 0 atom stereocenters. The van der Waals surface area contributed by atoms with Gasteiger partial charge in [-0.2, -0.15) is 0 Å². The predicted octanol–water partition coefficient (Wildman–Crippen LogP) is 5.08. The van der Waals surface area contributed by atoms with Crippen molar-refractivity contribution in [2.75, 3.05) is 16.8 Å². The number of carbonyl (C=O) groups excluding carboxylic acids is 2. The predicted molar refractivity (Wildman–Crippen MR) is 118 cm³/mol. The van der Waals surface area contributed by atoms with Gasteiger partial charge in [-0.25, -0.2) is 0 Å². The van der Waals surface area contributed by atoms with Crippen LogP contribution in [-0.4, -0.2) is 18.4 Å². The minimum Gasteiger partial charge on any atom is -0.488 e. The van der Waals surface area contributed by atoms with Gasteiger partial charge in [0.15, 0.2) is 0 Å². The van der Waals surface area contributed by atoms with Crippen LogP contribution in [0.15, 0.2) is 66.7 Å². The number of amides is 2. The van der Waals surface area contributed by atoms with E-state index in [0.29, 0.717) is 35.2 Å². The van der Waals surface area contributed by atoms with Crippen LogP contribution >= 0.6 is 11.6 Å². The van der Waals surface area contributed by atoms with E-state index in [9.17, 15) is 9.59 Å². The first kappa shape index (κ1) is 20.0. The Morgan fingerprint density at radius 3 is 2.60 bits per heavy atom. The number of para-hydroxylation sites is 1. The van der Waals surface area contributed by atoms with Gasteiger partial charge in [0.1, 0.15) is 12.4 Å². The molecule has 6 heteroatoms. The highest BCUT2D eigenvalue weighted by atomic mass is 35.5. The molecule has 30 heavy (non-hydrogen) atoms. The van der Waals surface area contributed by atoms with E-state index in [-0.39, 0.29) is 11.8 Å². The maximum atomic E-state index is 12.9. The van der Waals surface area contributed by atoms with E-state index in [4.69, 9.17) is 16.3 Å². The zero-order chi connectivity index (χ0) is 21.1. The van der Waals surface area contributed by atoms with Crippen molar-refractivity contribution < 1.29 is 14.3 Å². The molecule has 1 heterocycles. The molecule has 0 aromatic heterocycles. The van der Waals surface area contributed by atoms with Crippen molar-refractivity contribution in [1.29, 1.82) is 0 Å². The largest absolute Gasteiger partial charge is 0.488 e. The van der Waals surface area contributed by atoms with Crippen molar-refractivity contribution in [3.63, 3.8) is 0 Å². The summed E-state index contributed by atoms with van der Waals surface area (Å²) in [6.45, 7) is 2.57. The van der Waals surface area contributed by atoms with Crippen molar-refractivity contribution in [2.45, 2.75) is 20.0 Å². The van der Waals surface area contributed by atoms with Crippen LogP contribution in [0, 0.1) is 0 Å². The van der Waals surface area contributed by atoms with Crippen LogP contribution in [-0.2, 0) is 17.8 Å². The lowest BCUT2D eigenvalue weighted by Gasteiger charge is -2.15. The summed E-state index contributed by atoms with van der Waals surface area (Å²) in [4.78, 5) is 26.4. The first-order chi connectivity index (χ1) is 14.5. The molecule has 0 spiro atoms. The number of ether oxygens (including phenoxy) is 1. The van der Waals surface area contributed by atoms with E-state index < -0.39 is 0 Å².